The van der Waals surface area contributed by atoms with Crippen LogP contribution in [0.1, 0.15) is 59.4 Å². The number of para-hydroxylation sites is 1. The van der Waals surface area contributed by atoms with Crippen molar-refractivity contribution in [1.82, 2.24) is 25.1 Å². The quantitative estimate of drug-likeness (QED) is 0.813. The molecular weight excluding hydrogens is 324 g/mol. The fraction of sp³-hybridized carbons (Fsp3) is 0.650. The Morgan fingerprint density at radius 1 is 0.923 bits per heavy atom. The molecule has 1 aliphatic heterocycles. The first-order valence-corrected chi connectivity index (χ1v) is 9.58. The Labute approximate surface area is 164 Å². The monoisotopic (exact) mass is 365 g/mol. The van der Waals surface area contributed by atoms with Crippen LogP contribution in [0.15, 0.2) is 30.3 Å². The normalized spacial score (nSPS) is 15.8. The first-order chi connectivity index (χ1) is 13.8. The SMILES string of the molecule is CC.CC.CC(C)N1CCN(c2nnnn2-c2ccccc2)CC1.[2H]C([2H])([2H])C. The second-order valence-electron chi connectivity index (χ2n) is 5.34. The summed E-state index contributed by atoms with van der Waals surface area (Å²) in [6.45, 7) is 16.0. The highest BCUT2D eigenvalue weighted by Crippen LogP contribution is 2.17. The van der Waals surface area contributed by atoms with Crippen LogP contribution in [0.4, 0.5) is 5.95 Å². The summed E-state index contributed by atoms with van der Waals surface area (Å²) in [5.41, 5.74) is 0.999. The molecule has 0 unspecified atom stereocenters. The molecule has 0 atom stereocenters. The van der Waals surface area contributed by atoms with Crippen molar-refractivity contribution in [3.05, 3.63) is 30.3 Å². The summed E-state index contributed by atoms with van der Waals surface area (Å²) in [4.78, 5) is 4.74. The number of nitrogens with zero attached hydrogens (tertiary/aromatic N) is 6. The standard InChI is InChI=1S/C14H20N6.3C2H6/c1-12(2)18-8-10-19(11-9-18)14-15-16-17-20(14)13-6-4-3-5-7-13;3*1-2/h3-7,12H,8-11H2,1-2H3;3*1-2H3/i;1D3;;. The molecule has 2 heterocycles. The van der Waals surface area contributed by atoms with Crippen LogP contribution < -0.4 is 4.90 Å². The second kappa shape index (κ2) is 14.2. The fourth-order valence-electron chi connectivity index (χ4n) is 2.55. The van der Waals surface area contributed by atoms with Crippen LogP contribution in [-0.2, 0) is 0 Å². The molecule has 1 aromatic carbocycles. The number of tetrazole rings is 1. The van der Waals surface area contributed by atoms with Crippen LogP contribution in [0, 0.1) is 0 Å². The molecule has 1 aromatic heterocycles. The van der Waals surface area contributed by atoms with E-state index in [1.807, 2.05) is 62.7 Å². The van der Waals surface area contributed by atoms with Gasteiger partial charge in [0.2, 0.25) is 5.95 Å². The van der Waals surface area contributed by atoms with Crippen molar-refractivity contribution in [3.63, 3.8) is 0 Å². The average molecular weight is 366 g/mol. The van der Waals surface area contributed by atoms with E-state index in [1.165, 1.54) is 6.92 Å². The third-order valence-electron chi connectivity index (χ3n) is 3.78. The van der Waals surface area contributed by atoms with Gasteiger partial charge in [-0.05, 0) is 36.4 Å². The molecule has 0 spiro atoms. The van der Waals surface area contributed by atoms with Crippen molar-refractivity contribution in [3.8, 4) is 5.69 Å². The van der Waals surface area contributed by atoms with Gasteiger partial charge in [-0.1, -0.05) is 64.8 Å². The third kappa shape index (κ3) is 6.75. The van der Waals surface area contributed by atoms with Gasteiger partial charge in [0.25, 0.3) is 0 Å². The molecule has 0 saturated carbocycles. The molecule has 3 rings (SSSR count). The molecule has 148 valence electrons. The molecule has 0 bridgehead atoms. The van der Waals surface area contributed by atoms with E-state index < -0.39 is 6.85 Å². The molecule has 0 radical (unpaired) electrons. The van der Waals surface area contributed by atoms with Crippen LogP contribution in [0.25, 0.3) is 5.69 Å². The number of rotatable bonds is 3. The van der Waals surface area contributed by atoms with E-state index in [4.69, 9.17) is 4.11 Å². The Bertz CT molecular complexity index is 629. The van der Waals surface area contributed by atoms with Gasteiger partial charge in [0.15, 0.2) is 0 Å². The highest BCUT2D eigenvalue weighted by molar-refractivity contribution is 5.40. The Balaban J connectivity index is 0.000000752. The van der Waals surface area contributed by atoms with E-state index in [0.29, 0.717) is 6.04 Å². The predicted molar refractivity (Wildman–Crippen MR) is 112 cm³/mol. The van der Waals surface area contributed by atoms with Crippen molar-refractivity contribution < 1.29 is 4.11 Å². The summed E-state index contributed by atoms with van der Waals surface area (Å²) in [5, 5.41) is 12.1. The Morgan fingerprint density at radius 2 is 1.46 bits per heavy atom. The van der Waals surface area contributed by atoms with Crippen molar-refractivity contribution in [2.75, 3.05) is 31.1 Å². The number of hydrogen-bond acceptors (Lipinski definition) is 5. The van der Waals surface area contributed by atoms with Crippen molar-refractivity contribution in [2.24, 2.45) is 0 Å². The van der Waals surface area contributed by atoms with E-state index in [1.54, 1.807) is 0 Å². The number of hydrogen-bond donors (Lipinski definition) is 0. The highest BCUT2D eigenvalue weighted by atomic mass is 15.6. The van der Waals surface area contributed by atoms with Crippen LogP contribution in [-0.4, -0.2) is 57.3 Å². The number of piperazine rings is 1. The summed E-state index contributed by atoms with van der Waals surface area (Å²) in [7, 11) is 0. The lowest BCUT2D eigenvalue weighted by molar-refractivity contribution is 0.208. The van der Waals surface area contributed by atoms with Crippen LogP contribution in [0.2, 0.25) is 0 Å². The number of aromatic nitrogens is 4. The zero-order valence-corrected chi connectivity index (χ0v) is 17.5. The van der Waals surface area contributed by atoms with E-state index in [9.17, 15) is 0 Å². The summed E-state index contributed by atoms with van der Waals surface area (Å²) >= 11 is 0. The lowest BCUT2D eigenvalue weighted by atomic mass is 10.2. The molecule has 6 heteroatoms. The minimum atomic E-state index is -1.75. The topological polar surface area (TPSA) is 50.1 Å². The van der Waals surface area contributed by atoms with Gasteiger partial charge < -0.3 is 4.90 Å². The Morgan fingerprint density at radius 3 is 1.96 bits per heavy atom. The maximum absolute atomic E-state index is 6.27. The molecule has 0 amide bonds. The average Bonchev–Trinajstić information content (AvgIpc) is 3.20. The summed E-state index contributed by atoms with van der Waals surface area (Å²) in [6, 6.07) is 10.6. The molecule has 0 aliphatic carbocycles. The Hall–Kier alpha value is -1.95. The maximum atomic E-state index is 6.27. The van der Waals surface area contributed by atoms with Gasteiger partial charge in [0.05, 0.1) is 5.69 Å². The predicted octanol–water partition coefficient (Wildman–Crippen LogP) is 4.27. The Kier molecular flexibility index (Phi) is 10.3. The molecular formula is C20H38N6. The minimum absolute atomic E-state index is 0.599. The van der Waals surface area contributed by atoms with Gasteiger partial charge >= 0.3 is 0 Å². The van der Waals surface area contributed by atoms with Crippen LogP contribution >= 0.6 is 0 Å². The van der Waals surface area contributed by atoms with E-state index in [0.717, 1.165) is 37.8 Å². The zero-order chi connectivity index (χ0) is 22.4. The van der Waals surface area contributed by atoms with Crippen molar-refractivity contribution in [1.29, 1.82) is 0 Å². The van der Waals surface area contributed by atoms with Gasteiger partial charge in [0.1, 0.15) is 0 Å². The van der Waals surface area contributed by atoms with E-state index >= 15 is 0 Å². The van der Waals surface area contributed by atoms with Gasteiger partial charge in [-0.15, -0.1) is 0 Å². The molecule has 6 nitrogen and oxygen atoms in total. The van der Waals surface area contributed by atoms with E-state index in [2.05, 4.69) is 39.2 Å². The van der Waals surface area contributed by atoms with Gasteiger partial charge in [-0.25, -0.2) is 0 Å². The smallest absolute Gasteiger partial charge is 0.250 e. The first-order valence-electron chi connectivity index (χ1n) is 11.1. The summed E-state index contributed by atoms with van der Waals surface area (Å²) < 4.78 is 20.6. The highest BCUT2D eigenvalue weighted by Gasteiger charge is 2.23. The summed E-state index contributed by atoms with van der Waals surface area (Å²) in [6.07, 6.45) is 0. The van der Waals surface area contributed by atoms with Crippen molar-refractivity contribution >= 4 is 5.95 Å². The number of anilines is 1. The lowest BCUT2D eigenvalue weighted by Crippen LogP contribution is -2.49. The molecule has 0 N–H and O–H groups in total. The fourth-order valence-corrected chi connectivity index (χ4v) is 2.55. The third-order valence-corrected chi connectivity index (χ3v) is 3.78. The maximum Gasteiger partial charge on any atom is 0.250 e. The lowest BCUT2D eigenvalue weighted by Gasteiger charge is -2.36. The molecule has 1 aliphatic rings. The molecule has 1 saturated heterocycles. The second-order valence-corrected chi connectivity index (χ2v) is 5.34. The first kappa shape index (κ1) is 18.8. The van der Waals surface area contributed by atoms with Gasteiger partial charge in [0, 0.05) is 36.3 Å². The van der Waals surface area contributed by atoms with Gasteiger partial charge in [-0.2, -0.15) is 4.68 Å². The zero-order valence-electron chi connectivity index (χ0n) is 20.5. The van der Waals surface area contributed by atoms with Gasteiger partial charge in [-0.3, -0.25) is 4.90 Å². The largest absolute Gasteiger partial charge is 0.337 e. The molecule has 26 heavy (non-hydrogen) atoms. The molecule has 2 aromatic rings. The van der Waals surface area contributed by atoms with Crippen LogP contribution in [0.3, 0.4) is 0 Å². The number of benzene rings is 1. The van der Waals surface area contributed by atoms with Crippen molar-refractivity contribution in [2.45, 2.75) is 61.4 Å². The van der Waals surface area contributed by atoms with Crippen LogP contribution in [0.5, 0.6) is 0 Å². The minimum Gasteiger partial charge on any atom is -0.337 e. The van der Waals surface area contributed by atoms with E-state index in [-0.39, 0.29) is 0 Å². The summed E-state index contributed by atoms with van der Waals surface area (Å²) in [5.74, 6) is 0.833. The molecule has 1 fully saturated rings.